The normalized spacial score (nSPS) is 13.7. The molecule has 0 saturated carbocycles. The van der Waals surface area contributed by atoms with Crippen LogP contribution in [-0.4, -0.2) is 25.6 Å². The molecule has 148 valence electrons. The molecule has 0 aliphatic heterocycles. The van der Waals surface area contributed by atoms with Crippen molar-refractivity contribution in [2.75, 3.05) is 0 Å². The second-order valence-corrected chi connectivity index (χ2v) is 7.58. The minimum absolute atomic E-state index is 0.265. The standard InChI is InChI=1S/C22H22N4O3/c1-13-16(14(2)26-22(25-13)23-12-24-26)8-10-21(27)28-15-7-9-20-18(11-15)17-5-3-4-6-19(17)29-20/h7,9,11-12H,3-6,8,10H2,1-2H3. The van der Waals surface area contributed by atoms with Gasteiger partial charge in [0, 0.05) is 28.8 Å². The fourth-order valence-corrected chi connectivity index (χ4v) is 4.23. The van der Waals surface area contributed by atoms with Crippen LogP contribution in [0.5, 0.6) is 5.75 Å². The van der Waals surface area contributed by atoms with E-state index in [0.717, 1.165) is 46.5 Å². The molecule has 0 atom stereocenters. The van der Waals surface area contributed by atoms with Crippen LogP contribution in [0.3, 0.4) is 0 Å². The second-order valence-electron chi connectivity index (χ2n) is 7.58. The van der Waals surface area contributed by atoms with Gasteiger partial charge in [-0.05, 0) is 63.3 Å². The van der Waals surface area contributed by atoms with Crippen LogP contribution in [0.2, 0.25) is 0 Å². The molecular weight excluding hydrogens is 368 g/mol. The van der Waals surface area contributed by atoms with Gasteiger partial charge in [-0.2, -0.15) is 10.1 Å². The van der Waals surface area contributed by atoms with Crippen molar-refractivity contribution in [1.82, 2.24) is 19.6 Å². The third-order valence-electron chi connectivity index (χ3n) is 5.73. The SMILES string of the molecule is Cc1nc2ncnn2c(C)c1CCC(=O)Oc1ccc2oc3c(c2c1)CCCC3. The van der Waals surface area contributed by atoms with Crippen molar-refractivity contribution in [2.45, 2.75) is 52.4 Å². The van der Waals surface area contributed by atoms with E-state index < -0.39 is 0 Å². The van der Waals surface area contributed by atoms with Crippen LogP contribution < -0.4 is 4.74 Å². The molecule has 3 heterocycles. The molecule has 0 spiro atoms. The lowest BCUT2D eigenvalue weighted by Gasteiger charge is -2.10. The van der Waals surface area contributed by atoms with Crippen molar-refractivity contribution in [3.05, 3.63) is 52.8 Å². The number of nitrogens with zero attached hydrogens (tertiary/aromatic N) is 4. The summed E-state index contributed by atoms with van der Waals surface area (Å²) in [5, 5.41) is 5.26. The molecule has 0 fully saturated rings. The lowest BCUT2D eigenvalue weighted by atomic mass is 9.96. The Labute approximate surface area is 167 Å². The van der Waals surface area contributed by atoms with Gasteiger partial charge in [0.05, 0.1) is 6.42 Å². The topological polar surface area (TPSA) is 82.5 Å². The molecule has 0 unspecified atom stereocenters. The molecule has 29 heavy (non-hydrogen) atoms. The van der Waals surface area contributed by atoms with Gasteiger partial charge in [0.1, 0.15) is 23.4 Å². The first kappa shape index (κ1) is 17.8. The first-order valence-electron chi connectivity index (χ1n) is 10.0. The largest absolute Gasteiger partial charge is 0.461 e. The molecule has 0 bridgehead atoms. The summed E-state index contributed by atoms with van der Waals surface area (Å²) in [5.74, 6) is 1.95. The molecule has 3 aromatic heterocycles. The van der Waals surface area contributed by atoms with Gasteiger partial charge in [-0.25, -0.2) is 9.50 Å². The number of hydrogen-bond donors (Lipinski definition) is 0. The van der Waals surface area contributed by atoms with Crippen molar-refractivity contribution in [3.8, 4) is 5.75 Å². The van der Waals surface area contributed by atoms with Crippen molar-refractivity contribution >= 4 is 22.7 Å². The summed E-state index contributed by atoms with van der Waals surface area (Å²) >= 11 is 0. The first-order valence-corrected chi connectivity index (χ1v) is 10.0. The Bertz CT molecular complexity index is 1240. The lowest BCUT2D eigenvalue weighted by molar-refractivity contribution is -0.134. The molecule has 4 aromatic rings. The average Bonchev–Trinajstić information content (AvgIpc) is 3.32. The van der Waals surface area contributed by atoms with Crippen LogP contribution >= 0.6 is 0 Å². The number of hydrogen-bond acceptors (Lipinski definition) is 6. The van der Waals surface area contributed by atoms with Gasteiger partial charge in [0.25, 0.3) is 5.78 Å². The zero-order valence-corrected chi connectivity index (χ0v) is 16.6. The van der Waals surface area contributed by atoms with E-state index >= 15 is 0 Å². The summed E-state index contributed by atoms with van der Waals surface area (Å²) in [6, 6.07) is 5.63. The molecule has 1 aliphatic carbocycles. The number of fused-ring (bicyclic) bond motifs is 4. The molecular formula is C22H22N4O3. The predicted octanol–water partition coefficient (Wildman–Crippen LogP) is 3.90. The van der Waals surface area contributed by atoms with E-state index in [1.165, 1.54) is 24.7 Å². The third-order valence-corrected chi connectivity index (χ3v) is 5.73. The maximum Gasteiger partial charge on any atom is 0.311 e. The predicted molar refractivity (Wildman–Crippen MR) is 107 cm³/mol. The summed E-state index contributed by atoms with van der Waals surface area (Å²) in [6.45, 7) is 3.89. The van der Waals surface area contributed by atoms with E-state index in [2.05, 4.69) is 15.1 Å². The third kappa shape index (κ3) is 3.16. The summed E-state index contributed by atoms with van der Waals surface area (Å²) in [5.41, 5.74) is 4.95. The van der Waals surface area contributed by atoms with E-state index in [1.807, 2.05) is 26.0 Å². The van der Waals surface area contributed by atoms with Crippen molar-refractivity contribution in [3.63, 3.8) is 0 Å². The highest BCUT2D eigenvalue weighted by Crippen LogP contribution is 2.34. The highest BCUT2D eigenvalue weighted by molar-refractivity contribution is 5.85. The Hall–Kier alpha value is -3.22. The Morgan fingerprint density at radius 3 is 3.00 bits per heavy atom. The Morgan fingerprint density at radius 2 is 2.10 bits per heavy atom. The molecule has 1 aliphatic rings. The van der Waals surface area contributed by atoms with Gasteiger partial charge >= 0.3 is 5.97 Å². The number of benzene rings is 1. The summed E-state index contributed by atoms with van der Waals surface area (Å²) < 4.78 is 13.3. The first-order chi connectivity index (χ1) is 14.1. The number of esters is 1. The van der Waals surface area contributed by atoms with Crippen LogP contribution in [0.4, 0.5) is 0 Å². The summed E-state index contributed by atoms with van der Waals surface area (Å²) in [6.07, 6.45) is 6.65. The van der Waals surface area contributed by atoms with Crippen LogP contribution in [0.15, 0.2) is 28.9 Å². The van der Waals surface area contributed by atoms with E-state index in [4.69, 9.17) is 9.15 Å². The monoisotopic (exact) mass is 390 g/mol. The van der Waals surface area contributed by atoms with Crippen LogP contribution in [-0.2, 0) is 24.1 Å². The molecule has 7 nitrogen and oxygen atoms in total. The second kappa shape index (κ2) is 6.99. The molecule has 7 heteroatoms. The number of ether oxygens (including phenoxy) is 1. The van der Waals surface area contributed by atoms with E-state index in [1.54, 1.807) is 10.6 Å². The average molecular weight is 390 g/mol. The zero-order valence-electron chi connectivity index (χ0n) is 16.6. The molecule has 0 amide bonds. The number of carbonyl (C=O) groups excluding carboxylic acids is 1. The lowest BCUT2D eigenvalue weighted by Crippen LogP contribution is -2.12. The maximum absolute atomic E-state index is 12.5. The minimum Gasteiger partial charge on any atom is -0.461 e. The number of carbonyl (C=O) groups is 1. The van der Waals surface area contributed by atoms with Gasteiger partial charge < -0.3 is 9.15 Å². The summed E-state index contributed by atoms with van der Waals surface area (Å²) in [7, 11) is 0. The van der Waals surface area contributed by atoms with Crippen LogP contribution in [0.25, 0.3) is 16.7 Å². The molecule has 0 radical (unpaired) electrons. The van der Waals surface area contributed by atoms with E-state index in [0.29, 0.717) is 17.9 Å². The number of aryl methyl sites for hydroxylation is 4. The summed E-state index contributed by atoms with van der Waals surface area (Å²) in [4.78, 5) is 21.1. The van der Waals surface area contributed by atoms with Crippen molar-refractivity contribution < 1.29 is 13.9 Å². The van der Waals surface area contributed by atoms with Gasteiger partial charge in [0.2, 0.25) is 0 Å². The van der Waals surface area contributed by atoms with Gasteiger partial charge in [-0.3, -0.25) is 4.79 Å². The fraction of sp³-hybridized carbons (Fsp3) is 0.364. The Morgan fingerprint density at radius 1 is 1.24 bits per heavy atom. The number of aromatic nitrogens is 4. The number of rotatable bonds is 4. The molecule has 0 saturated heterocycles. The van der Waals surface area contributed by atoms with Crippen LogP contribution in [0, 0.1) is 13.8 Å². The van der Waals surface area contributed by atoms with Crippen molar-refractivity contribution in [2.24, 2.45) is 0 Å². The smallest absolute Gasteiger partial charge is 0.311 e. The Balaban J connectivity index is 1.32. The van der Waals surface area contributed by atoms with Crippen molar-refractivity contribution in [1.29, 1.82) is 0 Å². The zero-order chi connectivity index (χ0) is 20.0. The van der Waals surface area contributed by atoms with Gasteiger partial charge in [-0.1, -0.05) is 0 Å². The van der Waals surface area contributed by atoms with Crippen LogP contribution in [0.1, 0.15) is 47.5 Å². The van der Waals surface area contributed by atoms with Gasteiger partial charge in [0.15, 0.2) is 0 Å². The quantitative estimate of drug-likeness (QED) is 0.388. The Kier molecular flexibility index (Phi) is 4.30. The fourth-order valence-electron chi connectivity index (χ4n) is 4.23. The number of furan rings is 1. The van der Waals surface area contributed by atoms with E-state index in [9.17, 15) is 4.79 Å². The van der Waals surface area contributed by atoms with E-state index in [-0.39, 0.29) is 12.4 Å². The molecule has 5 rings (SSSR count). The highest BCUT2D eigenvalue weighted by Gasteiger charge is 2.19. The maximum atomic E-state index is 12.5. The van der Waals surface area contributed by atoms with Gasteiger partial charge in [-0.15, -0.1) is 0 Å². The highest BCUT2D eigenvalue weighted by atomic mass is 16.5. The molecule has 1 aromatic carbocycles. The minimum atomic E-state index is -0.265. The molecule has 0 N–H and O–H groups in total.